The normalized spacial score (nSPS) is 11.9. The summed E-state index contributed by atoms with van der Waals surface area (Å²) in [7, 11) is 5.10. The molecule has 1 atom stereocenters. The van der Waals surface area contributed by atoms with Gasteiger partial charge in [-0.05, 0) is 43.3 Å². The van der Waals surface area contributed by atoms with E-state index < -0.39 is 0 Å². The van der Waals surface area contributed by atoms with E-state index in [1.54, 1.807) is 26.1 Å². The Balaban J connectivity index is 2.12. The Bertz CT molecular complexity index is 973. The van der Waals surface area contributed by atoms with Crippen LogP contribution in [0.2, 0.25) is 5.02 Å². The number of halogens is 1. The summed E-state index contributed by atoms with van der Waals surface area (Å²) < 4.78 is 7.41. The average Bonchev–Trinajstić information content (AvgIpc) is 3.11. The Kier molecular flexibility index (Phi) is 6.26. The Morgan fingerprint density at radius 3 is 2.46 bits per heavy atom. The van der Waals surface area contributed by atoms with Crippen molar-refractivity contribution in [2.45, 2.75) is 17.3 Å². The van der Waals surface area contributed by atoms with Gasteiger partial charge in [0, 0.05) is 24.8 Å². The molecule has 3 rings (SSSR count). The summed E-state index contributed by atoms with van der Waals surface area (Å²) in [5.41, 5.74) is 1.66. The summed E-state index contributed by atoms with van der Waals surface area (Å²) in [5, 5.41) is 9.72. The van der Waals surface area contributed by atoms with Gasteiger partial charge in [-0.15, -0.1) is 10.2 Å². The Morgan fingerprint density at radius 1 is 1.14 bits per heavy atom. The van der Waals surface area contributed by atoms with E-state index in [0.29, 0.717) is 21.8 Å². The van der Waals surface area contributed by atoms with E-state index in [9.17, 15) is 4.79 Å². The van der Waals surface area contributed by atoms with Crippen LogP contribution in [0.5, 0.6) is 5.75 Å². The van der Waals surface area contributed by atoms with Crippen molar-refractivity contribution in [3.63, 3.8) is 0 Å². The number of aromatic nitrogens is 3. The van der Waals surface area contributed by atoms with Gasteiger partial charge in [-0.25, -0.2) is 0 Å². The molecule has 1 aromatic heterocycles. The summed E-state index contributed by atoms with van der Waals surface area (Å²) in [5.74, 6) is 1.33. The fourth-order valence-corrected chi connectivity index (χ4v) is 3.88. The quantitative estimate of drug-likeness (QED) is 0.564. The van der Waals surface area contributed by atoms with Gasteiger partial charge in [-0.1, -0.05) is 35.5 Å². The number of nitrogens with zero attached hydrogens (tertiary/aromatic N) is 4. The lowest BCUT2D eigenvalue weighted by Crippen LogP contribution is -2.29. The molecule has 0 fully saturated rings. The van der Waals surface area contributed by atoms with Crippen LogP contribution in [-0.2, 0) is 4.79 Å². The van der Waals surface area contributed by atoms with Crippen LogP contribution in [0, 0.1) is 0 Å². The van der Waals surface area contributed by atoms with Crippen molar-refractivity contribution in [2.24, 2.45) is 0 Å². The van der Waals surface area contributed by atoms with E-state index in [1.165, 1.54) is 11.8 Å². The lowest BCUT2D eigenvalue weighted by molar-refractivity contribution is -0.127. The average molecular weight is 417 g/mol. The Labute approximate surface area is 173 Å². The number of hydrogen-bond acceptors (Lipinski definition) is 5. The number of ether oxygens (including phenoxy) is 1. The molecule has 6 nitrogen and oxygen atoms in total. The van der Waals surface area contributed by atoms with Crippen LogP contribution >= 0.6 is 23.4 Å². The highest BCUT2D eigenvalue weighted by molar-refractivity contribution is 8.00. The highest BCUT2D eigenvalue weighted by atomic mass is 35.5. The number of benzene rings is 2. The molecule has 0 aliphatic carbocycles. The van der Waals surface area contributed by atoms with E-state index in [2.05, 4.69) is 10.2 Å². The fourth-order valence-electron chi connectivity index (χ4n) is 2.75. The standard InChI is InChI=1S/C20H21ClN4O2S/c1-13(19(26)24(2)3)28-20-23-22-18(16-7-5-6-8-17(16)27-4)25(20)15-11-9-14(21)10-12-15/h5-13H,1-4H3. The molecule has 8 heteroatoms. The second-order valence-electron chi connectivity index (χ2n) is 6.31. The minimum Gasteiger partial charge on any atom is -0.496 e. The number of thioether (sulfide) groups is 1. The molecule has 3 aromatic rings. The van der Waals surface area contributed by atoms with Crippen molar-refractivity contribution in [1.82, 2.24) is 19.7 Å². The molecule has 1 unspecified atom stereocenters. The van der Waals surface area contributed by atoms with Crippen molar-refractivity contribution in [1.29, 1.82) is 0 Å². The number of rotatable bonds is 6. The lowest BCUT2D eigenvalue weighted by atomic mass is 10.2. The molecule has 0 radical (unpaired) electrons. The van der Waals surface area contributed by atoms with Gasteiger partial charge >= 0.3 is 0 Å². The smallest absolute Gasteiger partial charge is 0.235 e. The molecule has 1 heterocycles. The SMILES string of the molecule is COc1ccccc1-c1nnc(SC(C)C(=O)N(C)C)n1-c1ccc(Cl)cc1. The first-order chi connectivity index (χ1) is 13.4. The van der Waals surface area contributed by atoms with Crippen LogP contribution in [0.15, 0.2) is 53.7 Å². The first-order valence-corrected chi connectivity index (χ1v) is 9.90. The maximum atomic E-state index is 12.3. The van der Waals surface area contributed by atoms with Crippen LogP contribution in [0.4, 0.5) is 0 Å². The van der Waals surface area contributed by atoms with Crippen LogP contribution < -0.4 is 4.74 Å². The van der Waals surface area contributed by atoms with Crippen LogP contribution in [0.25, 0.3) is 17.1 Å². The number of methoxy groups -OCH3 is 1. The van der Waals surface area contributed by atoms with Crippen LogP contribution in [0.1, 0.15) is 6.92 Å². The van der Waals surface area contributed by atoms with Gasteiger partial charge in [0.25, 0.3) is 0 Å². The summed E-state index contributed by atoms with van der Waals surface area (Å²) in [6.45, 7) is 1.86. The Hall–Kier alpha value is -2.51. The van der Waals surface area contributed by atoms with Gasteiger partial charge in [0.2, 0.25) is 5.91 Å². The molecule has 1 amide bonds. The van der Waals surface area contributed by atoms with Gasteiger partial charge < -0.3 is 9.64 Å². The molecule has 0 N–H and O–H groups in total. The van der Waals surface area contributed by atoms with Crippen molar-refractivity contribution < 1.29 is 9.53 Å². The monoisotopic (exact) mass is 416 g/mol. The van der Waals surface area contributed by atoms with E-state index >= 15 is 0 Å². The summed E-state index contributed by atoms with van der Waals surface area (Å²) in [6, 6.07) is 15.0. The van der Waals surface area contributed by atoms with Crippen molar-refractivity contribution >= 4 is 29.3 Å². The third kappa shape index (κ3) is 4.15. The van der Waals surface area contributed by atoms with Crippen molar-refractivity contribution in [3.05, 3.63) is 53.6 Å². The van der Waals surface area contributed by atoms with E-state index in [4.69, 9.17) is 16.3 Å². The Morgan fingerprint density at radius 2 is 1.82 bits per heavy atom. The minimum atomic E-state index is -0.309. The molecule has 146 valence electrons. The van der Waals surface area contributed by atoms with Gasteiger partial charge in [0.15, 0.2) is 11.0 Å². The zero-order chi connectivity index (χ0) is 20.3. The van der Waals surface area contributed by atoms with Gasteiger partial charge in [0.05, 0.1) is 17.9 Å². The maximum absolute atomic E-state index is 12.3. The molecule has 28 heavy (non-hydrogen) atoms. The van der Waals surface area contributed by atoms with Gasteiger partial charge in [-0.2, -0.15) is 0 Å². The van der Waals surface area contributed by atoms with E-state index in [-0.39, 0.29) is 11.2 Å². The zero-order valence-corrected chi connectivity index (χ0v) is 17.7. The van der Waals surface area contributed by atoms with Crippen LogP contribution in [0.3, 0.4) is 0 Å². The number of amides is 1. The predicted molar refractivity (Wildman–Crippen MR) is 112 cm³/mol. The lowest BCUT2D eigenvalue weighted by Gasteiger charge is -2.17. The molecule has 0 spiro atoms. The molecule has 0 saturated heterocycles. The number of carbonyl (C=O) groups is 1. The number of carbonyl (C=O) groups excluding carboxylic acids is 1. The van der Waals surface area contributed by atoms with Gasteiger partial charge in [-0.3, -0.25) is 9.36 Å². The highest BCUT2D eigenvalue weighted by Gasteiger charge is 2.23. The molecule has 2 aromatic carbocycles. The molecular weight excluding hydrogens is 396 g/mol. The van der Waals surface area contributed by atoms with E-state index in [0.717, 1.165) is 11.3 Å². The van der Waals surface area contributed by atoms with Crippen molar-refractivity contribution in [2.75, 3.05) is 21.2 Å². The second kappa shape index (κ2) is 8.67. The predicted octanol–water partition coefficient (Wildman–Crippen LogP) is 4.17. The highest BCUT2D eigenvalue weighted by Crippen LogP contribution is 2.34. The largest absolute Gasteiger partial charge is 0.496 e. The number of hydrogen-bond donors (Lipinski definition) is 0. The molecule has 0 aliphatic rings. The zero-order valence-electron chi connectivity index (χ0n) is 16.1. The van der Waals surface area contributed by atoms with Crippen LogP contribution in [-0.4, -0.2) is 52.0 Å². The summed E-state index contributed by atoms with van der Waals surface area (Å²) in [6.07, 6.45) is 0. The summed E-state index contributed by atoms with van der Waals surface area (Å²) >= 11 is 7.42. The first kappa shape index (κ1) is 20.2. The molecule has 0 saturated carbocycles. The minimum absolute atomic E-state index is 0.00879. The van der Waals surface area contributed by atoms with Crippen molar-refractivity contribution in [3.8, 4) is 22.8 Å². The third-order valence-electron chi connectivity index (χ3n) is 4.14. The molecular formula is C20H21ClN4O2S. The first-order valence-electron chi connectivity index (χ1n) is 8.65. The molecule has 0 bridgehead atoms. The topological polar surface area (TPSA) is 60.3 Å². The van der Waals surface area contributed by atoms with Gasteiger partial charge in [0.1, 0.15) is 5.75 Å². The summed E-state index contributed by atoms with van der Waals surface area (Å²) in [4.78, 5) is 13.9. The molecule has 0 aliphatic heterocycles. The third-order valence-corrected chi connectivity index (χ3v) is 5.42. The number of para-hydroxylation sites is 1. The second-order valence-corrected chi connectivity index (χ2v) is 8.06. The van der Waals surface area contributed by atoms with E-state index in [1.807, 2.05) is 60.0 Å². The fraction of sp³-hybridized carbons (Fsp3) is 0.250. The maximum Gasteiger partial charge on any atom is 0.235 e.